The Labute approximate surface area is 153 Å². The minimum absolute atomic E-state index is 0.00340. The van der Waals surface area contributed by atoms with Crippen LogP contribution in [0.4, 0.5) is 10.1 Å². The van der Waals surface area contributed by atoms with E-state index in [4.69, 9.17) is 0 Å². The number of anilines is 1. The lowest BCUT2D eigenvalue weighted by Gasteiger charge is -2.24. The number of benzene rings is 2. The van der Waals surface area contributed by atoms with Gasteiger partial charge in [0.15, 0.2) is 0 Å². The molecule has 1 saturated heterocycles. The van der Waals surface area contributed by atoms with Crippen molar-refractivity contribution in [3.8, 4) is 0 Å². The molecule has 0 spiro atoms. The zero-order valence-corrected chi connectivity index (χ0v) is 14.9. The fourth-order valence-corrected chi connectivity index (χ4v) is 3.36. The molecular formula is C21H23FN2O2. The van der Waals surface area contributed by atoms with Crippen molar-refractivity contribution in [2.75, 3.05) is 24.5 Å². The summed E-state index contributed by atoms with van der Waals surface area (Å²) in [5.41, 5.74) is 1.84. The molecule has 2 amide bonds. The summed E-state index contributed by atoms with van der Waals surface area (Å²) in [7, 11) is 0. The van der Waals surface area contributed by atoms with Crippen LogP contribution in [-0.2, 0) is 16.0 Å². The number of rotatable bonds is 6. The standard InChI is InChI=1S/C21H23FN2O2/c1-2-24(19-6-4-3-5-7-19)21(26)17-14-20(25)23(15-17)13-12-16-8-10-18(22)11-9-16/h3-11,17H,2,12-15H2,1H3/t17-/m0/s1. The molecule has 0 aliphatic carbocycles. The van der Waals surface area contributed by atoms with Crippen LogP contribution in [0.3, 0.4) is 0 Å². The smallest absolute Gasteiger partial charge is 0.232 e. The Morgan fingerprint density at radius 1 is 1.15 bits per heavy atom. The van der Waals surface area contributed by atoms with Gasteiger partial charge in [-0.1, -0.05) is 30.3 Å². The van der Waals surface area contributed by atoms with Crippen LogP contribution < -0.4 is 4.90 Å². The highest BCUT2D eigenvalue weighted by molar-refractivity contribution is 5.99. The van der Waals surface area contributed by atoms with E-state index in [0.29, 0.717) is 26.1 Å². The van der Waals surface area contributed by atoms with Crippen molar-refractivity contribution in [1.29, 1.82) is 0 Å². The molecule has 3 rings (SSSR count). The molecule has 136 valence electrons. The zero-order valence-electron chi connectivity index (χ0n) is 14.9. The summed E-state index contributed by atoms with van der Waals surface area (Å²) < 4.78 is 13.0. The van der Waals surface area contributed by atoms with Crippen molar-refractivity contribution in [3.63, 3.8) is 0 Å². The number of nitrogens with zero attached hydrogens (tertiary/aromatic N) is 2. The Bertz CT molecular complexity index is 761. The van der Waals surface area contributed by atoms with Gasteiger partial charge in [0.2, 0.25) is 11.8 Å². The van der Waals surface area contributed by atoms with Gasteiger partial charge >= 0.3 is 0 Å². The first kappa shape index (κ1) is 18.1. The highest BCUT2D eigenvalue weighted by Gasteiger charge is 2.36. The number of carbonyl (C=O) groups excluding carboxylic acids is 2. The van der Waals surface area contributed by atoms with Gasteiger partial charge in [0, 0.05) is 31.7 Å². The van der Waals surface area contributed by atoms with Crippen LogP contribution in [0.5, 0.6) is 0 Å². The third-order valence-electron chi connectivity index (χ3n) is 4.80. The molecule has 0 radical (unpaired) electrons. The van der Waals surface area contributed by atoms with E-state index in [0.717, 1.165) is 11.3 Å². The second-order valence-electron chi connectivity index (χ2n) is 6.54. The summed E-state index contributed by atoms with van der Waals surface area (Å²) in [6, 6.07) is 15.8. The number of amides is 2. The van der Waals surface area contributed by atoms with E-state index in [9.17, 15) is 14.0 Å². The number of para-hydroxylation sites is 1. The number of hydrogen-bond donors (Lipinski definition) is 0. The van der Waals surface area contributed by atoms with Gasteiger partial charge in [0.1, 0.15) is 5.82 Å². The van der Waals surface area contributed by atoms with E-state index in [1.807, 2.05) is 37.3 Å². The molecule has 0 saturated carbocycles. The fourth-order valence-electron chi connectivity index (χ4n) is 3.36. The topological polar surface area (TPSA) is 40.6 Å². The Kier molecular flexibility index (Phi) is 5.66. The molecule has 0 aromatic heterocycles. The lowest BCUT2D eigenvalue weighted by atomic mass is 10.1. The average molecular weight is 354 g/mol. The molecule has 1 aliphatic heterocycles. The van der Waals surface area contributed by atoms with Crippen LogP contribution in [0, 0.1) is 11.7 Å². The van der Waals surface area contributed by atoms with Gasteiger partial charge in [-0.3, -0.25) is 9.59 Å². The Hall–Kier alpha value is -2.69. The van der Waals surface area contributed by atoms with Gasteiger partial charge in [-0.15, -0.1) is 0 Å². The van der Waals surface area contributed by atoms with Crippen LogP contribution >= 0.6 is 0 Å². The second kappa shape index (κ2) is 8.13. The molecule has 1 heterocycles. The second-order valence-corrected chi connectivity index (χ2v) is 6.54. The molecule has 4 nitrogen and oxygen atoms in total. The highest BCUT2D eigenvalue weighted by Crippen LogP contribution is 2.24. The summed E-state index contributed by atoms with van der Waals surface area (Å²) in [4.78, 5) is 28.7. The molecule has 1 atom stereocenters. The maximum atomic E-state index is 13.0. The molecule has 5 heteroatoms. The monoisotopic (exact) mass is 354 g/mol. The Morgan fingerprint density at radius 3 is 2.50 bits per heavy atom. The lowest BCUT2D eigenvalue weighted by Crippen LogP contribution is -2.37. The number of carbonyl (C=O) groups is 2. The largest absolute Gasteiger partial charge is 0.342 e. The van der Waals surface area contributed by atoms with E-state index in [2.05, 4.69) is 0 Å². The fraction of sp³-hybridized carbons (Fsp3) is 0.333. The molecule has 26 heavy (non-hydrogen) atoms. The molecule has 0 unspecified atom stereocenters. The predicted molar refractivity (Wildman–Crippen MR) is 99.3 cm³/mol. The first-order valence-electron chi connectivity index (χ1n) is 8.97. The molecule has 1 fully saturated rings. The highest BCUT2D eigenvalue weighted by atomic mass is 19.1. The van der Waals surface area contributed by atoms with Gasteiger partial charge in [0.05, 0.1) is 5.92 Å². The summed E-state index contributed by atoms with van der Waals surface area (Å²) in [6.07, 6.45) is 0.911. The third kappa shape index (κ3) is 4.10. The SMILES string of the molecule is CCN(C(=O)[C@H]1CC(=O)N(CCc2ccc(F)cc2)C1)c1ccccc1. The maximum absolute atomic E-state index is 13.0. The quantitative estimate of drug-likeness (QED) is 0.799. The number of halogens is 1. The van der Waals surface area contributed by atoms with Gasteiger partial charge in [-0.2, -0.15) is 0 Å². The average Bonchev–Trinajstić information content (AvgIpc) is 3.03. The van der Waals surface area contributed by atoms with E-state index in [1.165, 1.54) is 12.1 Å². The van der Waals surface area contributed by atoms with Crippen LogP contribution in [0.2, 0.25) is 0 Å². The molecule has 1 aliphatic rings. The van der Waals surface area contributed by atoms with Crippen LogP contribution in [-0.4, -0.2) is 36.3 Å². The van der Waals surface area contributed by atoms with Crippen LogP contribution in [0.15, 0.2) is 54.6 Å². The Morgan fingerprint density at radius 2 is 1.85 bits per heavy atom. The van der Waals surface area contributed by atoms with Crippen molar-refractivity contribution in [1.82, 2.24) is 4.90 Å². The summed E-state index contributed by atoms with van der Waals surface area (Å²) in [5, 5.41) is 0. The van der Waals surface area contributed by atoms with Gasteiger partial charge in [-0.25, -0.2) is 4.39 Å². The van der Waals surface area contributed by atoms with Crippen molar-refractivity contribution < 1.29 is 14.0 Å². The summed E-state index contributed by atoms with van der Waals surface area (Å²) in [6.45, 7) is 3.50. The van der Waals surface area contributed by atoms with E-state index >= 15 is 0 Å². The van der Waals surface area contributed by atoms with Crippen molar-refractivity contribution in [2.45, 2.75) is 19.8 Å². The summed E-state index contributed by atoms with van der Waals surface area (Å²) in [5.74, 6) is -0.570. The first-order chi connectivity index (χ1) is 12.6. The molecular weight excluding hydrogens is 331 g/mol. The van der Waals surface area contributed by atoms with Crippen LogP contribution in [0.25, 0.3) is 0 Å². The normalized spacial score (nSPS) is 16.8. The predicted octanol–water partition coefficient (Wildman–Crippen LogP) is 3.27. The molecule has 2 aromatic rings. The van der Waals surface area contributed by atoms with E-state index < -0.39 is 0 Å². The van der Waals surface area contributed by atoms with Crippen LogP contribution in [0.1, 0.15) is 18.9 Å². The van der Waals surface area contributed by atoms with E-state index in [1.54, 1.807) is 21.9 Å². The van der Waals surface area contributed by atoms with Crippen molar-refractivity contribution in [3.05, 3.63) is 66.0 Å². The lowest BCUT2D eigenvalue weighted by molar-refractivity contribution is -0.128. The van der Waals surface area contributed by atoms with Gasteiger partial charge < -0.3 is 9.80 Å². The number of hydrogen-bond acceptors (Lipinski definition) is 2. The van der Waals surface area contributed by atoms with Gasteiger partial charge in [0.25, 0.3) is 0 Å². The Balaban J connectivity index is 1.61. The minimum Gasteiger partial charge on any atom is -0.342 e. The van der Waals surface area contributed by atoms with Crippen molar-refractivity contribution in [2.24, 2.45) is 5.92 Å². The number of likely N-dealkylation sites (tertiary alicyclic amines) is 1. The molecule has 0 N–H and O–H groups in total. The van der Waals surface area contributed by atoms with Crippen molar-refractivity contribution >= 4 is 17.5 Å². The zero-order chi connectivity index (χ0) is 18.5. The maximum Gasteiger partial charge on any atom is 0.232 e. The van der Waals surface area contributed by atoms with E-state index in [-0.39, 0.29) is 30.0 Å². The van der Waals surface area contributed by atoms with Gasteiger partial charge in [-0.05, 0) is 43.2 Å². The molecule has 2 aromatic carbocycles. The summed E-state index contributed by atoms with van der Waals surface area (Å²) >= 11 is 0. The molecule has 0 bridgehead atoms. The minimum atomic E-state index is -0.309. The third-order valence-corrected chi connectivity index (χ3v) is 4.80. The first-order valence-corrected chi connectivity index (χ1v) is 8.97.